The van der Waals surface area contributed by atoms with E-state index in [9.17, 15) is 14.7 Å². The van der Waals surface area contributed by atoms with Gasteiger partial charge >= 0.3 is 6.03 Å². The van der Waals surface area contributed by atoms with Crippen LogP contribution in [0.3, 0.4) is 0 Å². The Morgan fingerprint density at radius 1 is 1.30 bits per heavy atom. The molecule has 0 fully saturated rings. The molecule has 3 N–H and O–H groups in total. The number of aliphatic hydroxyl groups excluding tert-OH is 1. The molecule has 6 heteroatoms. The lowest BCUT2D eigenvalue weighted by Gasteiger charge is -2.14. The minimum absolute atomic E-state index is 0.360. The topological polar surface area (TPSA) is 78.4 Å². The Balaban J connectivity index is 2.37. The number of amides is 3. The molecule has 0 heterocycles. The zero-order valence-corrected chi connectivity index (χ0v) is 12.4. The summed E-state index contributed by atoms with van der Waals surface area (Å²) in [5.41, 5.74) is 0.816. The molecule has 0 radical (unpaired) electrons. The average molecular weight is 296 g/mol. The molecule has 2 atom stereocenters. The molecule has 0 aromatic heterocycles. The van der Waals surface area contributed by atoms with E-state index in [0.29, 0.717) is 12.3 Å². The Kier molecular flexibility index (Phi) is 7.11. The molecule has 5 nitrogen and oxygen atoms in total. The molecule has 0 spiro atoms. The predicted octanol–water partition coefficient (Wildman–Crippen LogP) is 1.69. The summed E-state index contributed by atoms with van der Waals surface area (Å²) in [6.45, 7) is 3.95. The monoisotopic (exact) mass is 296 g/mol. The Bertz CT molecular complexity index is 439. The number of nitrogens with one attached hydrogen (secondary N) is 2. The van der Waals surface area contributed by atoms with Gasteiger partial charge in [0.25, 0.3) is 0 Å². The van der Waals surface area contributed by atoms with Crippen LogP contribution < -0.4 is 10.6 Å². The number of thioether (sulfide) groups is 1. The van der Waals surface area contributed by atoms with Gasteiger partial charge in [0.05, 0.1) is 11.4 Å². The molecular weight excluding hydrogens is 276 g/mol. The minimum atomic E-state index is -0.624. The number of carbonyl (C=O) groups excluding carboxylic acids is 2. The molecule has 1 rings (SSSR count). The van der Waals surface area contributed by atoms with E-state index in [-0.39, 0.29) is 5.91 Å². The molecule has 0 aliphatic carbocycles. The fourth-order valence-electron chi connectivity index (χ4n) is 1.50. The summed E-state index contributed by atoms with van der Waals surface area (Å²) in [7, 11) is 0. The lowest BCUT2D eigenvalue weighted by Crippen LogP contribution is -2.42. The third-order valence-electron chi connectivity index (χ3n) is 2.63. The van der Waals surface area contributed by atoms with Gasteiger partial charge in [-0.1, -0.05) is 30.3 Å². The van der Waals surface area contributed by atoms with Crippen LogP contribution in [0.1, 0.15) is 25.5 Å². The fourth-order valence-corrected chi connectivity index (χ4v) is 2.37. The summed E-state index contributed by atoms with van der Waals surface area (Å²) >= 11 is 1.31. The van der Waals surface area contributed by atoms with Crippen LogP contribution in [0.15, 0.2) is 30.3 Å². The van der Waals surface area contributed by atoms with Crippen molar-refractivity contribution in [2.45, 2.75) is 25.2 Å². The third kappa shape index (κ3) is 5.63. The molecule has 20 heavy (non-hydrogen) atoms. The van der Waals surface area contributed by atoms with Crippen LogP contribution in [-0.4, -0.2) is 34.6 Å². The largest absolute Gasteiger partial charge is 0.388 e. The van der Waals surface area contributed by atoms with E-state index in [0.717, 1.165) is 5.56 Å². The van der Waals surface area contributed by atoms with E-state index < -0.39 is 17.4 Å². The second-order valence-corrected chi connectivity index (χ2v) is 5.62. The van der Waals surface area contributed by atoms with Gasteiger partial charge < -0.3 is 10.4 Å². The van der Waals surface area contributed by atoms with E-state index >= 15 is 0 Å². The van der Waals surface area contributed by atoms with Crippen LogP contribution >= 0.6 is 11.8 Å². The zero-order valence-electron chi connectivity index (χ0n) is 11.6. The van der Waals surface area contributed by atoms with Gasteiger partial charge in [0.15, 0.2) is 0 Å². The highest BCUT2D eigenvalue weighted by atomic mass is 32.2. The first kappa shape index (κ1) is 16.5. The van der Waals surface area contributed by atoms with Crippen LogP contribution in [0.25, 0.3) is 0 Å². The first-order chi connectivity index (χ1) is 9.54. The summed E-state index contributed by atoms with van der Waals surface area (Å²) in [6, 6.07) is 8.78. The summed E-state index contributed by atoms with van der Waals surface area (Å²) in [5, 5.41) is 14.3. The molecule has 1 aromatic carbocycles. The van der Waals surface area contributed by atoms with Crippen molar-refractivity contribution >= 4 is 23.7 Å². The van der Waals surface area contributed by atoms with Gasteiger partial charge in [-0.25, -0.2) is 4.79 Å². The Labute approximate surface area is 123 Å². The van der Waals surface area contributed by atoms with Crippen LogP contribution in [0.4, 0.5) is 4.79 Å². The highest BCUT2D eigenvalue weighted by molar-refractivity contribution is 8.00. The van der Waals surface area contributed by atoms with E-state index in [4.69, 9.17) is 0 Å². The maximum Gasteiger partial charge on any atom is 0.321 e. The van der Waals surface area contributed by atoms with Crippen LogP contribution in [-0.2, 0) is 4.79 Å². The molecular formula is C14H20N2O3S. The Morgan fingerprint density at radius 3 is 2.55 bits per heavy atom. The third-order valence-corrected chi connectivity index (χ3v) is 3.85. The molecule has 0 saturated heterocycles. The number of carbonyl (C=O) groups is 2. The summed E-state index contributed by atoms with van der Waals surface area (Å²) < 4.78 is 0. The second kappa shape index (κ2) is 8.60. The fraction of sp³-hybridized carbons (Fsp3) is 0.429. The van der Waals surface area contributed by atoms with Crippen molar-refractivity contribution < 1.29 is 14.7 Å². The first-order valence-corrected chi connectivity index (χ1v) is 7.52. The van der Waals surface area contributed by atoms with E-state index in [1.807, 2.05) is 30.3 Å². The lowest BCUT2D eigenvalue weighted by molar-refractivity contribution is -0.119. The van der Waals surface area contributed by atoms with Crippen molar-refractivity contribution in [2.75, 3.05) is 12.3 Å². The molecule has 0 aliphatic heterocycles. The summed E-state index contributed by atoms with van der Waals surface area (Å²) in [4.78, 5) is 22.9. The molecule has 0 bridgehead atoms. The average Bonchev–Trinajstić information content (AvgIpc) is 2.45. The number of hydrogen-bond acceptors (Lipinski definition) is 4. The highest BCUT2D eigenvalue weighted by Crippen LogP contribution is 2.21. The number of imide groups is 1. The smallest absolute Gasteiger partial charge is 0.321 e. The van der Waals surface area contributed by atoms with E-state index in [1.165, 1.54) is 11.8 Å². The molecule has 0 unspecified atom stereocenters. The minimum Gasteiger partial charge on any atom is -0.388 e. The molecule has 0 saturated carbocycles. The first-order valence-electron chi connectivity index (χ1n) is 6.48. The lowest BCUT2D eigenvalue weighted by atomic mass is 10.1. The van der Waals surface area contributed by atoms with Gasteiger partial charge in [-0.15, -0.1) is 11.8 Å². The summed E-state index contributed by atoms with van der Waals surface area (Å²) in [6.07, 6.45) is -0.624. The standard InChI is InChI=1S/C14H20N2O3S/c1-3-15-14(19)16-13(18)10(2)20-9-12(17)11-7-5-4-6-8-11/h4-8,10,12,17H,3,9H2,1-2H3,(H2,15,16,18,19)/t10-,12-/m1/s1. The van der Waals surface area contributed by atoms with Crippen molar-refractivity contribution in [3.8, 4) is 0 Å². The van der Waals surface area contributed by atoms with Crippen molar-refractivity contribution in [2.24, 2.45) is 0 Å². The van der Waals surface area contributed by atoms with Crippen LogP contribution in [0.5, 0.6) is 0 Å². The highest BCUT2D eigenvalue weighted by Gasteiger charge is 2.18. The summed E-state index contributed by atoms with van der Waals surface area (Å²) in [5.74, 6) is 0.0368. The second-order valence-electron chi connectivity index (χ2n) is 4.25. The normalized spacial score (nSPS) is 13.3. The van der Waals surface area contributed by atoms with Crippen molar-refractivity contribution in [1.29, 1.82) is 0 Å². The maximum absolute atomic E-state index is 11.7. The van der Waals surface area contributed by atoms with E-state index in [1.54, 1.807) is 13.8 Å². The Hall–Kier alpha value is -1.53. The maximum atomic E-state index is 11.7. The van der Waals surface area contributed by atoms with Gasteiger partial charge in [-0.2, -0.15) is 0 Å². The number of rotatable bonds is 6. The quantitative estimate of drug-likeness (QED) is 0.746. The Morgan fingerprint density at radius 2 is 1.95 bits per heavy atom. The van der Waals surface area contributed by atoms with Crippen molar-refractivity contribution in [1.82, 2.24) is 10.6 Å². The SMILES string of the molecule is CCNC(=O)NC(=O)[C@@H](C)SC[C@@H](O)c1ccccc1. The molecule has 3 amide bonds. The van der Waals surface area contributed by atoms with Gasteiger partial charge in [0, 0.05) is 12.3 Å². The molecule has 110 valence electrons. The van der Waals surface area contributed by atoms with E-state index in [2.05, 4.69) is 10.6 Å². The van der Waals surface area contributed by atoms with Crippen LogP contribution in [0, 0.1) is 0 Å². The number of benzene rings is 1. The van der Waals surface area contributed by atoms with Crippen LogP contribution in [0.2, 0.25) is 0 Å². The van der Waals surface area contributed by atoms with Crippen molar-refractivity contribution in [3.63, 3.8) is 0 Å². The van der Waals surface area contributed by atoms with Gasteiger partial charge in [0.1, 0.15) is 0 Å². The predicted molar refractivity (Wildman–Crippen MR) is 80.5 cm³/mol. The molecule has 1 aromatic rings. The zero-order chi connectivity index (χ0) is 15.0. The van der Waals surface area contributed by atoms with Crippen molar-refractivity contribution in [3.05, 3.63) is 35.9 Å². The number of aliphatic hydroxyl groups is 1. The van der Waals surface area contributed by atoms with Gasteiger partial charge in [-0.05, 0) is 19.4 Å². The molecule has 0 aliphatic rings. The van der Waals surface area contributed by atoms with Gasteiger partial charge in [-0.3, -0.25) is 10.1 Å². The number of urea groups is 1. The number of hydrogen-bond donors (Lipinski definition) is 3. The van der Waals surface area contributed by atoms with Gasteiger partial charge in [0.2, 0.25) is 5.91 Å².